The summed E-state index contributed by atoms with van der Waals surface area (Å²) in [5.41, 5.74) is 3.21. The molecule has 7 nitrogen and oxygen atoms in total. The topological polar surface area (TPSA) is 73.1 Å². The number of likely N-dealkylation sites (N-methyl/N-ethyl adjacent to an activating group) is 1. The Morgan fingerprint density at radius 3 is 2.53 bits per heavy atom. The van der Waals surface area contributed by atoms with Crippen molar-refractivity contribution in [1.29, 1.82) is 0 Å². The van der Waals surface area contributed by atoms with Gasteiger partial charge in [-0.2, -0.15) is 0 Å². The van der Waals surface area contributed by atoms with Gasteiger partial charge in [-0.05, 0) is 79.1 Å². The maximum Gasteiger partial charge on any atom is 0.271 e. The summed E-state index contributed by atoms with van der Waals surface area (Å²) in [5.74, 6) is 1.07. The molecule has 6 rings (SSSR count). The SMILES string of the molecule is CCN(CC)C(=O)C1=C(C)N=c2s/c(=C/c3cccc(OCc4ccc(Cl)c(Cl)c4)c3)c(=O)n2[C@H]1c1c(OC)ccc2ccccc12. The van der Waals surface area contributed by atoms with Crippen molar-refractivity contribution < 1.29 is 14.3 Å². The predicted molar refractivity (Wildman–Crippen MR) is 189 cm³/mol. The summed E-state index contributed by atoms with van der Waals surface area (Å²) in [5, 5.41) is 2.83. The zero-order valence-corrected chi connectivity index (χ0v) is 28.7. The summed E-state index contributed by atoms with van der Waals surface area (Å²) < 4.78 is 14.1. The van der Waals surface area contributed by atoms with Crippen LogP contribution in [-0.4, -0.2) is 35.6 Å². The van der Waals surface area contributed by atoms with Crippen molar-refractivity contribution in [3.05, 3.63) is 137 Å². The van der Waals surface area contributed by atoms with Gasteiger partial charge in [0.05, 0.1) is 33.0 Å². The van der Waals surface area contributed by atoms with Crippen LogP contribution in [0.15, 0.2) is 99.9 Å². The van der Waals surface area contributed by atoms with E-state index in [0.717, 1.165) is 27.5 Å². The number of allylic oxidation sites excluding steroid dienone is 1. The van der Waals surface area contributed by atoms with Crippen molar-refractivity contribution in [2.24, 2.45) is 4.99 Å². The molecule has 0 aliphatic carbocycles. The molecule has 0 fully saturated rings. The molecule has 10 heteroatoms. The first-order valence-electron chi connectivity index (χ1n) is 15.3. The fourth-order valence-electron chi connectivity index (χ4n) is 5.93. The highest BCUT2D eigenvalue weighted by Gasteiger charge is 2.36. The third-order valence-corrected chi connectivity index (χ3v) is 9.99. The van der Waals surface area contributed by atoms with Crippen LogP contribution in [0.25, 0.3) is 16.8 Å². The van der Waals surface area contributed by atoms with Crippen LogP contribution in [0.4, 0.5) is 0 Å². The number of carbonyl (C=O) groups is 1. The number of benzene rings is 4. The zero-order valence-electron chi connectivity index (χ0n) is 26.4. The summed E-state index contributed by atoms with van der Waals surface area (Å²) in [6.45, 7) is 7.09. The lowest BCUT2D eigenvalue weighted by atomic mass is 9.90. The molecule has 5 aromatic rings. The van der Waals surface area contributed by atoms with Gasteiger partial charge >= 0.3 is 0 Å². The maximum atomic E-state index is 14.4. The van der Waals surface area contributed by atoms with Gasteiger partial charge in [-0.25, -0.2) is 4.99 Å². The number of aromatic nitrogens is 1. The first-order chi connectivity index (χ1) is 22.7. The summed E-state index contributed by atoms with van der Waals surface area (Å²) in [4.78, 5) is 35.7. The molecule has 240 valence electrons. The molecule has 0 radical (unpaired) electrons. The molecule has 2 heterocycles. The van der Waals surface area contributed by atoms with Gasteiger partial charge in [0.1, 0.15) is 24.1 Å². The van der Waals surface area contributed by atoms with Gasteiger partial charge in [0.25, 0.3) is 11.5 Å². The highest BCUT2D eigenvalue weighted by Crippen LogP contribution is 2.40. The smallest absolute Gasteiger partial charge is 0.271 e. The van der Waals surface area contributed by atoms with Crippen molar-refractivity contribution in [3.8, 4) is 11.5 Å². The Balaban J connectivity index is 1.48. The minimum absolute atomic E-state index is 0.155. The molecule has 47 heavy (non-hydrogen) atoms. The predicted octanol–water partition coefficient (Wildman–Crippen LogP) is 7.15. The van der Waals surface area contributed by atoms with Crippen molar-refractivity contribution in [1.82, 2.24) is 9.47 Å². The van der Waals surface area contributed by atoms with Crippen LogP contribution in [-0.2, 0) is 11.4 Å². The number of nitrogens with zero attached hydrogens (tertiary/aromatic N) is 3. The minimum Gasteiger partial charge on any atom is -0.496 e. The van der Waals surface area contributed by atoms with Crippen molar-refractivity contribution in [2.45, 2.75) is 33.4 Å². The number of methoxy groups -OCH3 is 1. The molecular weight excluding hydrogens is 653 g/mol. The number of thiazole rings is 1. The molecule has 0 spiro atoms. The summed E-state index contributed by atoms with van der Waals surface area (Å²) in [6, 6.07) is 24.0. The van der Waals surface area contributed by atoms with Gasteiger partial charge in [0.2, 0.25) is 0 Å². The van der Waals surface area contributed by atoms with Crippen LogP contribution in [0.2, 0.25) is 10.0 Å². The van der Waals surface area contributed by atoms with Gasteiger partial charge in [-0.1, -0.05) is 83.1 Å². The Morgan fingerprint density at radius 2 is 1.79 bits per heavy atom. The number of halogens is 2. The molecule has 0 bridgehead atoms. The van der Waals surface area contributed by atoms with Crippen LogP contribution >= 0.6 is 34.5 Å². The Bertz CT molecular complexity index is 2220. The average Bonchev–Trinajstić information content (AvgIpc) is 3.38. The van der Waals surface area contributed by atoms with Gasteiger partial charge in [-0.15, -0.1) is 0 Å². The normalized spacial score (nSPS) is 14.6. The quantitative estimate of drug-likeness (QED) is 0.165. The third-order valence-electron chi connectivity index (χ3n) is 8.27. The fourth-order valence-corrected chi connectivity index (χ4v) is 7.29. The number of hydrogen-bond donors (Lipinski definition) is 0. The first kappa shape index (κ1) is 32.6. The molecule has 0 saturated carbocycles. The van der Waals surface area contributed by atoms with E-state index in [1.165, 1.54) is 11.3 Å². The van der Waals surface area contributed by atoms with E-state index < -0.39 is 6.04 Å². The van der Waals surface area contributed by atoms with Crippen LogP contribution in [0.5, 0.6) is 11.5 Å². The average molecular weight is 687 g/mol. The highest BCUT2D eigenvalue weighted by molar-refractivity contribution is 7.07. The van der Waals surface area contributed by atoms with E-state index >= 15 is 0 Å². The van der Waals surface area contributed by atoms with E-state index in [1.807, 2.05) is 93.6 Å². The van der Waals surface area contributed by atoms with Crippen LogP contribution in [0.1, 0.15) is 43.5 Å². The van der Waals surface area contributed by atoms with E-state index in [9.17, 15) is 9.59 Å². The Hall–Kier alpha value is -4.37. The number of ether oxygens (including phenoxy) is 2. The number of amides is 1. The second kappa shape index (κ2) is 13.8. The molecule has 1 aliphatic heterocycles. The van der Waals surface area contributed by atoms with E-state index in [-0.39, 0.29) is 11.5 Å². The first-order valence-corrected chi connectivity index (χ1v) is 16.9. The zero-order chi connectivity index (χ0) is 33.2. The lowest BCUT2D eigenvalue weighted by Gasteiger charge is -2.30. The van der Waals surface area contributed by atoms with Crippen LogP contribution < -0.4 is 24.4 Å². The molecule has 1 amide bonds. The van der Waals surface area contributed by atoms with Crippen molar-refractivity contribution in [2.75, 3.05) is 20.2 Å². The number of hydrogen-bond acceptors (Lipinski definition) is 6. The molecule has 0 N–H and O–H groups in total. The molecule has 1 aromatic heterocycles. The number of rotatable bonds is 9. The molecule has 0 saturated heterocycles. The summed E-state index contributed by atoms with van der Waals surface area (Å²) >= 11 is 13.5. The van der Waals surface area contributed by atoms with Crippen LogP contribution in [0, 0.1) is 0 Å². The van der Waals surface area contributed by atoms with Gasteiger partial charge in [0, 0.05) is 18.7 Å². The van der Waals surface area contributed by atoms with Gasteiger partial charge < -0.3 is 14.4 Å². The van der Waals surface area contributed by atoms with Gasteiger partial charge in [-0.3, -0.25) is 14.2 Å². The molecule has 1 atom stereocenters. The number of carbonyl (C=O) groups excluding carboxylic acids is 1. The lowest BCUT2D eigenvalue weighted by Crippen LogP contribution is -2.43. The highest BCUT2D eigenvalue weighted by atomic mass is 35.5. The molecular formula is C37H33Cl2N3O4S. The Labute approximate surface area is 286 Å². The van der Waals surface area contributed by atoms with Gasteiger partial charge in [0.15, 0.2) is 4.80 Å². The lowest BCUT2D eigenvalue weighted by molar-refractivity contribution is -0.127. The van der Waals surface area contributed by atoms with E-state index in [1.54, 1.807) is 28.7 Å². The summed E-state index contributed by atoms with van der Waals surface area (Å²) in [6.07, 6.45) is 1.83. The van der Waals surface area contributed by atoms with E-state index in [0.29, 0.717) is 61.8 Å². The molecule has 0 unspecified atom stereocenters. The minimum atomic E-state index is -0.747. The Morgan fingerprint density at radius 1 is 1.00 bits per heavy atom. The fraction of sp³-hybridized carbons (Fsp3) is 0.216. The molecule has 1 aliphatic rings. The van der Waals surface area contributed by atoms with Crippen molar-refractivity contribution in [3.63, 3.8) is 0 Å². The van der Waals surface area contributed by atoms with E-state index in [4.69, 9.17) is 37.7 Å². The number of fused-ring (bicyclic) bond motifs is 2. The second-order valence-electron chi connectivity index (χ2n) is 11.1. The maximum absolute atomic E-state index is 14.4. The van der Waals surface area contributed by atoms with E-state index in [2.05, 4.69) is 0 Å². The molecule has 4 aromatic carbocycles. The summed E-state index contributed by atoms with van der Waals surface area (Å²) in [7, 11) is 1.61. The Kier molecular flexibility index (Phi) is 9.55. The van der Waals surface area contributed by atoms with Crippen molar-refractivity contribution >= 4 is 57.3 Å². The standard InChI is InChI=1S/C37H33Cl2N3O4S/c1-5-41(6-2)36(44)32-22(3)40-37-42(34(32)33-27-13-8-7-11-25(27)15-17-30(33)45-4)35(43)31(47-37)20-23-10-9-12-26(18-23)46-21-24-14-16-28(38)29(39)19-24/h7-20,34H,5-6,21H2,1-4H3/b31-20+/t34-/m1/s1. The third kappa shape index (κ3) is 6.33. The van der Waals surface area contributed by atoms with Crippen LogP contribution in [0.3, 0.4) is 0 Å². The monoisotopic (exact) mass is 685 g/mol. The second-order valence-corrected chi connectivity index (χ2v) is 12.9. The largest absolute Gasteiger partial charge is 0.496 e.